The Morgan fingerprint density at radius 2 is 1.88 bits per heavy atom. The second kappa shape index (κ2) is 7.29. The molecule has 1 unspecified atom stereocenters. The van der Waals surface area contributed by atoms with Crippen molar-refractivity contribution < 1.29 is 0 Å². The summed E-state index contributed by atoms with van der Waals surface area (Å²) in [5.41, 5.74) is 3.93. The third-order valence-corrected chi connectivity index (χ3v) is 5.26. The number of nitrogens with one attached hydrogen (secondary N) is 1. The van der Waals surface area contributed by atoms with E-state index in [1.165, 1.54) is 17.9 Å². The first-order valence-electron chi connectivity index (χ1n) is 7.57. The van der Waals surface area contributed by atoms with E-state index < -0.39 is 0 Å². The lowest BCUT2D eigenvalue weighted by molar-refractivity contribution is 0.823. The Morgan fingerprint density at radius 3 is 2.69 bits per heavy atom. The van der Waals surface area contributed by atoms with E-state index in [1.54, 1.807) is 17.9 Å². The number of anilines is 1. The molecule has 0 radical (unpaired) electrons. The lowest BCUT2D eigenvalue weighted by Crippen LogP contribution is -2.12. The van der Waals surface area contributed by atoms with Crippen LogP contribution in [0.4, 0.5) is 5.82 Å². The Hall–Kier alpha value is -2.04. The van der Waals surface area contributed by atoms with Crippen molar-refractivity contribution in [1.82, 2.24) is 29.3 Å². The molecule has 0 spiro atoms. The second-order valence-corrected chi connectivity index (χ2v) is 7.79. The van der Waals surface area contributed by atoms with Gasteiger partial charge in [-0.25, -0.2) is 19.9 Å². The molecule has 4 aromatic rings. The average molecular weight is 493 g/mol. The van der Waals surface area contributed by atoms with Crippen LogP contribution in [-0.4, -0.2) is 29.3 Å². The van der Waals surface area contributed by atoms with Gasteiger partial charge in [-0.2, -0.15) is 4.37 Å². The fourth-order valence-corrected chi connectivity index (χ4v) is 4.35. The monoisotopic (exact) mass is 491 g/mol. The summed E-state index contributed by atoms with van der Waals surface area (Å²) in [5.74, 6) is 1.29. The molecule has 0 saturated heterocycles. The average Bonchev–Trinajstić information content (AvgIpc) is 3.17. The van der Waals surface area contributed by atoms with Crippen LogP contribution in [-0.2, 0) is 0 Å². The number of fused-ring (bicyclic) bond motifs is 1. The molecule has 3 aromatic heterocycles. The summed E-state index contributed by atoms with van der Waals surface area (Å²) < 4.78 is 6.11. The number of hydrogen-bond donors (Lipinski definition) is 1. The van der Waals surface area contributed by atoms with E-state index in [-0.39, 0.29) is 6.04 Å². The van der Waals surface area contributed by atoms with E-state index in [0.717, 1.165) is 25.5 Å². The van der Waals surface area contributed by atoms with Crippen molar-refractivity contribution in [1.29, 1.82) is 0 Å². The van der Waals surface area contributed by atoms with Gasteiger partial charge in [0.15, 0.2) is 5.82 Å². The van der Waals surface area contributed by atoms with Gasteiger partial charge in [0.25, 0.3) is 0 Å². The minimum Gasteiger partial charge on any atom is -0.361 e. The van der Waals surface area contributed by atoms with Gasteiger partial charge in [-0.05, 0) is 46.5 Å². The summed E-state index contributed by atoms with van der Waals surface area (Å²) in [7, 11) is 0. The highest BCUT2D eigenvalue weighted by atomic mass is 79.9. The Morgan fingerprint density at radius 1 is 1.04 bits per heavy atom. The Balaban J connectivity index is 1.74. The lowest BCUT2D eigenvalue weighted by atomic mass is 10.1. The van der Waals surface area contributed by atoms with Gasteiger partial charge in [-0.3, -0.25) is 4.98 Å². The molecule has 1 aromatic carbocycles. The highest BCUT2D eigenvalue weighted by Gasteiger charge is 2.19. The molecule has 3 heterocycles. The van der Waals surface area contributed by atoms with Crippen molar-refractivity contribution in [3.05, 3.63) is 51.0 Å². The highest BCUT2D eigenvalue weighted by molar-refractivity contribution is 9.11. The second-order valence-electron chi connectivity index (χ2n) is 5.42. The molecule has 1 atom stereocenters. The molecule has 0 amide bonds. The zero-order chi connectivity index (χ0) is 18.1. The maximum atomic E-state index is 4.48. The number of rotatable bonds is 4. The van der Waals surface area contributed by atoms with Crippen LogP contribution >= 0.6 is 43.4 Å². The van der Waals surface area contributed by atoms with Crippen LogP contribution in [0.1, 0.15) is 18.7 Å². The number of hydrogen-bond acceptors (Lipinski definition) is 8. The zero-order valence-corrected chi connectivity index (χ0v) is 17.4. The van der Waals surface area contributed by atoms with E-state index in [4.69, 9.17) is 0 Å². The number of benzene rings is 1. The smallest absolute Gasteiger partial charge is 0.193 e. The number of halogens is 2. The van der Waals surface area contributed by atoms with E-state index in [9.17, 15) is 0 Å². The normalized spacial score (nSPS) is 12.3. The minimum absolute atomic E-state index is 0.155. The molecular formula is C16H11Br2N7S. The highest BCUT2D eigenvalue weighted by Crippen LogP contribution is 2.32. The molecule has 0 aliphatic carbocycles. The van der Waals surface area contributed by atoms with Crippen LogP contribution in [0.25, 0.3) is 22.4 Å². The Kier molecular flexibility index (Phi) is 4.88. The van der Waals surface area contributed by atoms with Gasteiger partial charge in [0.05, 0.1) is 17.3 Å². The summed E-state index contributed by atoms with van der Waals surface area (Å²) >= 11 is 8.34. The zero-order valence-electron chi connectivity index (χ0n) is 13.4. The SMILES string of the molecule is CC(Nc1ncnc2c(Br)cc(Br)cc12)c1nccnc1-c1ncsn1. The molecule has 0 bridgehead atoms. The van der Waals surface area contributed by atoms with Crippen LogP contribution in [0, 0.1) is 0 Å². The van der Waals surface area contributed by atoms with Crippen molar-refractivity contribution in [2.45, 2.75) is 13.0 Å². The first-order valence-corrected chi connectivity index (χ1v) is 9.99. The first-order chi connectivity index (χ1) is 12.6. The third-order valence-electron chi connectivity index (χ3n) is 3.72. The van der Waals surface area contributed by atoms with Gasteiger partial charge in [-0.1, -0.05) is 15.9 Å². The van der Waals surface area contributed by atoms with Crippen molar-refractivity contribution >= 4 is 60.1 Å². The number of nitrogens with zero attached hydrogens (tertiary/aromatic N) is 6. The summed E-state index contributed by atoms with van der Waals surface area (Å²) in [6.07, 6.45) is 4.84. The molecule has 0 fully saturated rings. The molecule has 10 heteroatoms. The van der Waals surface area contributed by atoms with Gasteiger partial charge in [-0.15, -0.1) is 0 Å². The van der Waals surface area contributed by atoms with Crippen molar-refractivity contribution in [2.24, 2.45) is 0 Å². The Bertz CT molecular complexity index is 1070. The van der Waals surface area contributed by atoms with Crippen molar-refractivity contribution in [3.63, 3.8) is 0 Å². The van der Waals surface area contributed by atoms with Gasteiger partial charge in [0.1, 0.15) is 23.3 Å². The fourth-order valence-electron chi connectivity index (χ4n) is 2.59. The molecule has 7 nitrogen and oxygen atoms in total. The van der Waals surface area contributed by atoms with Crippen LogP contribution in [0.3, 0.4) is 0 Å². The summed E-state index contributed by atoms with van der Waals surface area (Å²) in [5, 5.41) is 4.31. The topological polar surface area (TPSA) is 89.4 Å². The molecule has 130 valence electrons. The predicted molar refractivity (Wildman–Crippen MR) is 108 cm³/mol. The van der Waals surface area contributed by atoms with Gasteiger partial charge in [0, 0.05) is 26.7 Å². The molecule has 1 N–H and O–H groups in total. The maximum absolute atomic E-state index is 4.48. The Labute approximate surface area is 169 Å². The molecule has 0 aliphatic rings. The van der Waals surface area contributed by atoms with E-state index in [2.05, 4.69) is 66.5 Å². The molecule has 0 aliphatic heterocycles. The van der Waals surface area contributed by atoms with Crippen LogP contribution in [0.15, 0.2) is 45.3 Å². The quantitative estimate of drug-likeness (QED) is 0.443. The van der Waals surface area contributed by atoms with Crippen molar-refractivity contribution in [3.8, 4) is 11.5 Å². The van der Waals surface area contributed by atoms with Crippen LogP contribution in [0.5, 0.6) is 0 Å². The molecule has 26 heavy (non-hydrogen) atoms. The fraction of sp³-hybridized carbons (Fsp3) is 0.125. The molecule has 4 rings (SSSR count). The predicted octanol–water partition coefficient (Wildman–Crippen LogP) is 4.64. The van der Waals surface area contributed by atoms with Gasteiger partial charge < -0.3 is 5.32 Å². The summed E-state index contributed by atoms with van der Waals surface area (Å²) in [6, 6.07) is 3.78. The maximum Gasteiger partial charge on any atom is 0.193 e. The summed E-state index contributed by atoms with van der Waals surface area (Å²) in [6.45, 7) is 2.00. The standard InChI is InChI=1S/C16H11Br2N7S/c1-8(12-14(20-3-2-19-12)16-23-7-26-25-16)24-15-10-4-9(17)5-11(18)13(10)21-6-22-15/h2-8H,1H3,(H,21,22,24). The van der Waals surface area contributed by atoms with E-state index in [1.807, 2.05) is 19.1 Å². The van der Waals surface area contributed by atoms with Crippen molar-refractivity contribution in [2.75, 3.05) is 5.32 Å². The van der Waals surface area contributed by atoms with Gasteiger partial charge in [0.2, 0.25) is 0 Å². The van der Waals surface area contributed by atoms with Gasteiger partial charge >= 0.3 is 0 Å². The van der Waals surface area contributed by atoms with E-state index >= 15 is 0 Å². The van der Waals surface area contributed by atoms with Crippen LogP contribution in [0.2, 0.25) is 0 Å². The third kappa shape index (κ3) is 3.31. The largest absolute Gasteiger partial charge is 0.361 e. The van der Waals surface area contributed by atoms with E-state index in [0.29, 0.717) is 17.3 Å². The molecular weight excluding hydrogens is 482 g/mol. The van der Waals surface area contributed by atoms with Crippen LogP contribution < -0.4 is 5.32 Å². The lowest BCUT2D eigenvalue weighted by Gasteiger charge is -2.17. The summed E-state index contributed by atoms with van der Waals surface area (Å²) in [4.78, 5) is 21.9. The number of aromatic nitrogens is 6. The first kappa shape index (κ1) is 17.4. The minimum atomic E-state index is -0.155. The molecule has 0 saturated carbocycles.